The van der Waals surface area contributed by atoms with Crippen LogP contribution in [0.2, 0.25) is 0 Å². The van der Waals surface area contributed by atoms with E-state index in [9.17, 15) is 8.60 Å². The predicted molar refractivity (Wildman–Crippen MR) is 64.5 cm³/mol. The smallest absolute Gasteiger partial charge is 0.124 e. The van der Waals surface area contributed by atoms with Gasteiger partial charge < -0.3 is 5.73 Å². The van der Waals surface area contributed by atoms with E-state index in [2.05, 4.69) is 15.9 Å². The summed E-state index contributed by atoms with van der Waals surface area (Å²) in [6.07, 6.45) is 0. The summed E-state index contributed by atoms with van der Waals surface area (Å²) >= 11 is 3.19. The van der Waals surface area contributed by atoms with E-state index in [4.69, 9.17) is 5.73 Å². The van der Waals surface area contributed by atoms with Crippen LogP contribution >= 0.6 is 15.9 Å². The van der Waals surface area contributed by atoms with Gasteiger partial charge in [0.25, 0.3) is 0 Å². The second-order valence-electron chi connectivity index (χ2n) is 3.35. The van der Waals surface area contributed by atoms with E-state index in [1.807, 2.05) is 6.92 Å². The Hall–Kier alpha value is -0.260. The van der Waals surface area contributed by atoms with E-state index < -0.39 is 10.8 Å². The largest absolute Gasteiger partial charge is 0.329 e. The Morgan fingerprint density at radius 3 is 2.73 bits per heavy atom. The Morgan fingerprint density at radius 2 is 2.20 bits per heavy atom. The first-order valence-electron chi connectivity index (χ1n) is 4.55. The Balaban J connectivity index is 2.76. The molecule has 5 heteroatoms. The van der Waals surface area contributed by atoms with Crippen LogP contribution < -0.4 is 5.73 Å². The van der Waals surface area contributed by atoms with Crippen LogP contribution in [-0.2, 0) is 16.6 Å². The highest BCUT2D eigenvalue weighted by Crippen LogP contribution is 2.16. The fourth-order valence-corrected chi connectivity index (χ4v) is 2.62. The van der Waals surface area contributed by atoms with Gasteiger partial charge in [0, 0.05) is 32.8 Å². The van der Waals surface area contributed by atoms with Crippen molar-refractivity contribution in [2.24, 2.45) is 5.73 Å². The summed E-state index contributed by atoms with van der Waals surface area (Å²) in [6.45, 7) is 2.20. The lowest BCUT2D eigenvalue weighted by molar-refractivity contribution is 0.625. The van der Waals surface area contributed by atoms with Gasteiger partial charge in [-0.25, -0.2) is 4.39 Å². The summed E-state index contributed by atoms with van der Waals surface area (Å²) in [5.74, 6) is 0.0196. The molecule has 0 saturated carbocycles. The van der Waals surface area contributed by atoms with Gasteiger partial charge in [-0.3, -0.25) is 4.21 Å². The highest BCUT2D eigenvalue weighted by Gasteiger charge is 2.10. The van der Waals surface area contributed by atoms with Crippen molar-refractivity contribution < 1.29 is 8.60 Å². The number of halogens is 2. The Bertz CT molecular complexity index is 352. The minimum atomic E-state index is -1.04. The molecule has 0 radical (unpaired) electrons. The standard InChI is InChI=1S/C10H13BrFNOS/c1-7(5-13)15(14)6-8-2-9(11)4-10(12)3-8/h2-4,7H,5-6,13H2,1H3. The van der Waals surface area contributed by atoms with E-state index in [0.29, 0.717) is 16.8 Å². The molecule has 0 aliphatic heterocycles. The van der Waals surface area contributed by atoms with Gasteiger partial charge in [0.05, 0.1) is 0 Å². The minimum absolute atomic E-state index is 0.0629. The highest BCUT2D eigenvalue weighted by atomic mass is 79.9. The summed E-state index contributed by atoms with van der Waals surface area (Å²) in [4.78, 5) is 0. The average Bonchev–Trinajstić information content (AvgIpc) is 2.14. The Morgan fingerprint density at radius 1 is 1.53 bits per heavy atom. The molecular formula is C10H13BrFNOS. The summed E-state index contributed by atoms with van der Waals surface area (Å²) < 4.78 is 25.3. The van der Waals surface area contributed by atoms with Crippen molar-refractivity contribution in [2.75, 3.05) is 6.54 Å². The van der Waals surface area contributed by atoms with Crippen molar-refractivity contribution in [3.63, 3.8) is 0 Å². The summed E-state index contributed by atoms with van der Waals surface area (Å²) in [7, 11) is -1.04. The number of nitrogens with two attached hydrogens (primary N) is 1. The third-order valence-corrected chi connectivity index (χ3v) is 4.18. The Labute approximate surface area is 99.6 Å². The van der Waals surface area contributed by atoms with Gasteiger partial charge in [-0.1, -0.05) is 15.9 Å². The lowest BCUT2D eigenvalue weighted by atomic mass is 10.2. The zero-order valence-electron chi connectivity index (χ0n) is 8.37. The fraction of sp³-hybridized carbons (Fsp3) is 0.400. The first-order valence-corrected chi connectivity index (χ1v) is 6.72. The van der Waals surface area contributed by atoms with Crippen molar-refractivity contribution in [2.45, 2.75) is 17.9 Å². The van der Waals surface area contributed by atoms with Gasteiger partial charge in [0.15, 0.2) is 0 Å². The maximum Gasteiger partial charge on any atom is 0.124 e. The third-order valence-electron chi connectivity index (χ3n) is 2.01. The van der Waals surface area contributed by atoms with Gasteiger partial charge in [-0.2, -0.15) is 0 Å². The second-order valence-corrected chi connectivity index (χ2v) is 6.12. The average molecular weight is 294 g/mol. The monoisotopic (exact) mass is 293 g/mol. The summed E-state index contributed by atoms with van der Waals surface area (Å²) in [6, 6.07) is 4.54. The van der Waals surface area contributed by atoms with Crippen LogP contribution in [0.4, 0.5) is 4.39 Å². The molecule has 0 amide bonds. The van der Waals surface area contributed by atoms with Crippen LogP contribution in [-0.4, -0.2) is 16.0 Å². The van der Waals surface area contributed by atoms with E-state index >= 15 is 0 Å². The second kappa shape index (κ2) is 5.72. The van der Waals surface area contributed by atoms with Crippen LogP contribution in [0.15, 0.2) is 22.7 Å². The molecule has 0 aromatic heterocycles. The van der Waals surface area contributed by atoms with Crippen molar-refractivity contribution in [3.05, 3.63) is 34.1 Å². The molecule has 84 valence electrons. The van der Waals surface area contributed by atoms with Crippen molar-refractivity contribution in [3.8, 4) is 0 Å². The molecule has 0 fully saturated rings. The molecule has 2 atom stereocenters. The van der Waals surface area contributed by atoms with Crippen LogP contribution in [0.3, 0.4) is 0 Å². The van der Waals surface area contributed by atoms with E-state index in [1.54, 1.807) is 6.07 Å². The maximum absolute atomic E-state index is 13.0. The van der Waals surface area contributed by atoms with Crippen molar-refractivity contribution in [1.29, 1.82) is 0 Å². The lowest BCUT2D eigenvalue weighted by Gasteiger charge is -2.08. The molecular weight excluding hydrogens is 281 g/mol. The number of benzene rings is 1. The first kappa shape index (κ1) is 12.8. The number of hydrogen-bond acceptors (Lipinski definition) is 2. The topological polar surface area (TPSA) is 43.1 Å². The van der Waals surface area contributed by atoms with E-state index in [0.717, 1.165) is 5.56 Å². The molecule has 1 rings (SSSR count). The fourth-order valence-electron chi connectivity index (χ4n) is 1.11. The lowest BCUT2D eigenvalue weighted by Crippen LogP contribution is -2.22. The van der Waals surface area contributed by atoms with Gasteiger partial charge in [0.2, 0.25) is 0 Å². The number of rotatable bonds is 4. The van der Waals surface area contributed by atoms with Crippen LogP contribution in [0.5, 0.6) is 0 Å². The molecule has 0 aliphatic rings. The molecule has 0 aliphatic carbocycles. The zero-order valence-corrected chi connectivity index (χ0v) is 10.8. The van der Waals surface area contributed by atoms with Gasteiger partial charge >= 0.3 is 0 Å². The first-order chi connectivity index (χ1) is 7.02. The third kappa shape index (κ3) is 4.01. The molecule has 0 bridgehead atoms. The van der Waals surface area contributed by atoms with Crippen molar-refractivity contribution >= 4 is 26.7 Å². The molecule has 1 aromatic carbocycles. The number of hydrogen-bond donors (Lipinski definition) is 1. The maximum atomic E-state index is 13.0. The van der Waals surface area contributed by atoms with Crippen molar-refractivity contribution in [1.82, 2.24) is 0 Å². The predicted octanol–water partition coefficient (Wildman–Crippen LogP) is 2.18. The van der Waals surface area contributed by atoms with Gasteiger partial charge in [0.1, 0.15) is 5.82 Å². The molecule has 2 N–H and O–H groups in total. The zero-order chi connectivity index (χ0) is 11.4. The molecule has 2 nitrogen and oxygen atoms in total. The van der Waals surface area contributed by atoms with E-state index in [-0.39, 0.29) is 11.1 Å². The molecule has 0 saturated heterocycles. The molecule has 1 aromatic rings. The van der Waals surface area contributed by atoms with Gasteiger partial charge in [-0.05, 0) is 30.7 Å². The minimum Gasteiger partial charge on any atom is -0.329 e. The molecule has 0 spiro atoms. The quantitative estimate of drug-likeness (QED) is 0.925. The van der Waals surface area contributed by atoms with Gasteiger partial charge in [-0.15, -0.1) is 0 Å². The summed E-state index contributed by atoms with van der Waals surface area (Å²) in [5, 5.41) is -0.0629. The van der Waals surface area contributed by atoms with Crippen LogP contribution in [0.1, 0.15) is 12.5 Å². The normalized spacial score (nSPS) is 14.9. The van der Waals surface area contributed by atoms with E-state index in [1.165, 1.54) is 12.1 Å². The highest BCUT2D eigenvalue weighted by molar-refractivity contribution is 9.10. The SMILES string of the molecule is CC(CN)S(=O)Cc1cc(F)cc(Br)c1. The molecule has 0 heterocycles. The summed E-state index contributed by atoms with van der Waals surface area (Å²) in [5.41, 5.74) is 6.13. The molecule has 2 unspecified atom stereocenters. The Kier molecular flexibility index (Phi) is 4.89. The molecule has 15 heavy (non-hydrogen) atoms. The van der Waals surface area contributed by atoms with Crippen LogP contribution in [0.25, 0.3) is 0 Å². The van der Waals surface area contributed by atoms with Crippen LogP contribution in [0, 0.1) is 5.82 Å².